The molecule has 2 rings (SSSR count). The molecule has 1 heterocycles. The van der Waals surface area contributed by atoms with Crippen molar-refractivity contribution in [3.8, 4) is 5.75 Å². The number of nitrogens with zero attached hydrogens (tertiary/aromatic N) is 3. The number of benzene rings is 1. The molecule has 10 heteroatoms. The van der Waals surface area contributed by atoms with Crippen LogP contribution in [0.5, 0.6) is 5.75 Å². The van der Waals surface area contributed by atoms with Gasteiger partial charge in [0.05, 0.1) is 11.1 Å². The van der Waals surface area contributed by atoms with Crippen molar-refractivity contribution in [2.45, 2.75) is 11.5 Å². The zero-order valence-corrected chi connectivity index (χ0v) is 12.3. The van der Waals surface area contributed by atoms with Gasteiger partial charge in [0.25, 0.3) is 9.05 Å². The van der Waals surface area contributed by atoms with Crippen molar-refractivity contribution in [3.05, 3.63) is 35.7 Å². The fourth-order valence-electron chi connectivity index (χ4n) is 1.57. The zero-order chi connectivity index (χ0) is 15.6. The largest absolute Gasteiger partial charge is 0.486 e. The van der Waals surface area contributed by atoms with Crippen molar-refractivity contribution in [1.82, 2.24) is 15.0 Å². The Bertz CT molecular complexity index is 787. The van der Waals surface area contributed by atoms with Crippen molar-refractivity contribution in [2.75, 3.05) is 0 Å². The van der Waals surface area contributed by atoms with Gasteiger partial charge in [-0.05, 0) is 18.2 Å². The first-order chi connectivity index (χ1) is 9.77. The van der Waals surface area contributed by atoms with Crippen molar-refractivity contribution < 1.29 is 23.1 Å². The molecule has 1 aromatic carbocycles. The second-order valence-electron chi connectivity index (χ2n) is 4.07. The average Bonchev–Trinajstić information content (AvgIpc) is 2.80. The Hall–Kier alpha value is -2.13. The number of rotatable bonds is 5. The predicted octanol–water partition coefficient (Wildman–Crippen LogP) is 1.02. The van der Waals surface area contributed by atoms with Gasteiger partial charge in [0.1, 0.15) is 23.6 Å². The van der Waals surface area contributed by atoms with Crippen LogP contribution in [0, 0.1) is 0 Å². The summed E-state index contributed by atoms with van der Waals surface area (Å²) in [5, 5.41) is 16.6. The van der Waals surface area contributed by atoms with E-state index < -0.39 is 15.0 Å². The van der Waals surface area contributed by atoms with Crippen LogP contribution in [-0.4, -0.2) is 34.5 Å². The van der Waals surface area contributed by atoms with Crippen molar-refractivity contribution in [3.63, 3.8) is 0 Å². The molecule has 0 aliphatic rings. The molecule has 0 aliphatic carbocycles. The Kier molecular flexibility index (Phi) is 4.14. The van der Waals surface area contributed by atoms with Gasteiger partial charge in [0.2, 0.25) is 0 Å². The quantitative estimate of drug-likeness (QED) is 0.814. The molecule has 0 atom stereocenters. The second-order valence-corrected chi connectivity index (χ2v) is 6.64. The van der Waals surface area contributed by atoms with E-state index in [0.717, 1.165) is 6.07 Å². The van der Waals surface area contributed by atoms with E-state index in [1.54, 1.807) is 13.2 Å². The summed E-state index contributed by atoms with van der Waals surface area (Å²) in [6.07, 6.45) is 1.61. The number of aromatic carboxylic acids is 1. The third kappa shape index (κ3) is 3.70. The lowest BCUT2D eigenvalue weighted by atomic mass is 10.2. The third-order valence-corrected chi connectivity index (χ3v) is 3.84. The van der Waals surface area contributed by atoms with Gasteiger partial charge in [0.15, 0.2) is 0 Å². The number of carboxylic acid groups (broad SMARTS) is 1. The first-order valence-corrected chi connectivity index (χ1v) is 7.88. The summed E-state index contributed by atoms with van der Waals surface area (Å²) in [5.74, 6) is -1.32. The summed E-state index contributed by atoms with van der Waals surface area (Å²) in [7, 11) is 2.85. The number of hydrogen-bond acceptors (Lipinski definition) is 6. The minimum absolute atomic E-state index is 0.00108. The lowest BCUT2D eigenvalue weighted by molar-refractivity contribution is 0.0691. The maximum Gasteiger partial charge on any atom is 0.339 e. The number of ether oxygens (including phenoxy) is 1. The highest BCUT2D eigenvalue weighted by Gasteiger charge is 2.18. The van der Waals surface area contributed by atoms with Crippen LogP contribution >= 0.6 is 10.7 Å². The molecule has 0 radical (unpaired) electrons. The SMILES string of the molecule is Cn1cc(COc2ccc(S(=O)(=O)Cl)cc2C(=O)O)nn1. The lowest BCUT2D eigenvalue weighted by Crippen LogP contribution is -2.05. The van der Waals surface area contributed by atoms with Crippen LogP contribution < -0.4 is 4.74 Å². The Labute approximate surface area is 124 Å². The van der Waals surface area contributed by atoms with E-state index in [9.17, 15) is 13.2 Å². The molecule has 21 heavy (non-hydrogen) atoms. The monoisotopic (exact) mass is 331 g/mol. The Morgan fingerprint density at radius 2 is 2.19 bits per heavy atom. The van der Waals surface area contributed by atoms with Gasteiger partial charge in [-0.25, -0.2) is 13.2 Å². The van der Waals surface area contributed by atoms with Crippen LogP contribution in [0.3, 0.4) is 0 Å². The molecular weight excluding hydrogens is 322 g/mol. The second kappa shape index (κ2) is 5.70. The molecule has 0 aliphatic heterocycles. The molecule has 1 aromatic heterocycles. The van der Waals surface area contributed by atoms with Crippen LogP contribution in [0.2, 0.25) is 0 Å². The van der Waals surface area contributed by atoms with Gasteiger partial charge in [-0.1, -0.05) is 5.21 Å². The van der Waals surface area contributed by atoms with Crippen molar-refractivity contribution in [2.24, 2.45) is 7.05 Å². The first-order valence-electron chi connectivity index (χ1n) is 5.57. The number of halogens is 1. The molecule has 0 unspecified atom stereocenters. The van der Waals surface area contributed by atoms with E-state index in [0.29, 0.717) is 5.69 Å². The van der Waals surface area contributed by atoms with E-state index in [1.807, 2.05) is 0 Å². The third-order valence-electron chi connectivity index (χ3n) is 2.49. The van der Waals surface area contributed by atoms with Gasteiger partial charge in [-0.2, -0.15) is 0 Å². The highest BCUT2D eigenvalue weighted by molar-refractivity contribution is 8.13. The van der Waals surface area contributed by atoms with Crippen LogP contribution in [0.4, 0.5) is 0 Å². The molecule has 0 saturated heterocycles. The van der Waals surface area contributed by atoms with Crippen LogP contribution in [0.1, 0.15) is 16.1 Å². The Morgan fingerprint density at radius 3 is 2.71 bits per heavy atom. The fourth-order valence-corrected chi connectivity index (χ4v) is 2.34. The molecule has 8 nitrogen and oxygen atoms in total. The van der Waals surface area contributed by atoms with E-state index in [-0.39, 0.29) is 22.8 Å². The van der Waals surface area contributed by atoms with Crippen LogP contribution in [0.15, 0.2) is 29.3 Å². The normalized spacial score (nSPS) is 11.3. The predicted molar refractivity (Wildman–Crippen MR) is 71.8 cm³/mol. The van der Waals surface area contributed by atoms with Gasteiger partial charge in [-0.15, -0.1) is 5.10 Å². The number of aromatic nitrogens is 3. The van der Waals surface area contributed by atoms with E-state index in [4.69, 9.17) is 20.5 Å². The lowest BCUT2D eigenvalue weighted by Gasteiger charge is -2.08. The summed E-state index contributed by atoms with van der Waals surface area (Å²) >= 11 is 0. The molecular formula is C11H10ClN3O5S. The highest BCUT2D eigenvalue weighted by atomic mass is 35.7. The smallest absolute Gasteiger partial charge is 0.339 e. The summed E-state index contributed by atoms with van der Waals surface area (Å²) in [5.41, 5.74) is 0.198. The van der Waals surface area contributed by atoms with Crippen molar-refractivity contribution in [1.29, 1.82) is 0 Å². The molecule has 0 amide bonds. The van der Waals surface area contributed by atoms with E-state index in [2.05, 4.69) is 10.3 Å². The van der Waals surface area contributed by atoms with Crippen LogP contribution in [-0.2, 0) is 22.7 Å². The van der Waals surface area contributed by atoms with Gasteiger partial charge in [0, 0.05) is 17.7 Å². The summed E-state index contributed by atoms with van der Waals surface area (Å²) in [4.78, 5) is 10.9. The molecule has 0 fully saturated rings. The Balaban J connectivity index is 2.28. The molecule has 0 saturated carbocycles. The summed E-state index contributed by atoms with van der Waals surface area (Å²) in [6, 6.07) is 3.34. The average molecular weight is 332 g/mol. The standard InChI is InChI=1S/C11H10ClN3O5S/c1-15-5-7(13-14-15)6-20-10-3-2-8(21(12,18)19)4-9(10)11(16)17/h2-5H,6H2,1H3,(H,16,17). The molecule has 0 bridgehead atoms. The number of hydrogen-bond donors (Lipinski definition) is 1. The topological polar surface area (TPSA) is 111 Å². The molecule has 112 valence electrons. The fraction of sp³-hybridized carbons (Fsp3) is 0.182. The van der Waals surface area contributed by atoms with Crippen molar-refractivity contribution >= 4 is 25.7 Å². The minimum atomic E-state index is -4.01. The minimum Gasteiger partial charge on any atom is -0.486 e. The summed E-state index contributed by atoms with van der Waals surface area (Å²) in [6.45, 7) is 0.00108. The van der Waals surface area contributed by atoms with E-state index >= 15 is 0 Å². The number of carbonyl (C=O) groups is 1. The van der Waals surface area contributed by atoms with Gasteiger partial charge >= 0.3 is 5.97 Å². The molecule has 2 aromatic rings. The van der Waals surface area contributed by atoms with Gasteiger partial charge in [-0.3, -0.25) is 4.68 Å². The zero-order valence-electron chi connectivity index (χ0n) is 10.7. The van der Waals surface area contributed by atoms with Crippen LogP contribution in [0.25, 0.3) is 0 Å². The number of aryl methyl sites for hydroxylation is 1. The molecule has 1 N–H and O–H groups in total. The Morgan fingerprint density at radius 1 is 1.48 bits per heavy atom. The van der Waals surface area contributed by atoms with E-state index in [1.165, 1.54) is 16.8 Å². The maximum absolute atomic E-state index is 11.2. The highest BCUT2D eigenvalue weighted by Crippen LogP contribution is 2.25. The summed E-state index contributed by atoms with van der Waals surface area (Å²) < 4.78 is 29.2. The van der Waals surface area contributed by atoms with Gasteiger partial charge < -0.3 is 9.84 Å². The maximum atomic E-state index is 11.2. The first kappa shape index (κ1) is 15.3. The number of carboxylic acids is 1. The molecule has 0 spiro atoms.